The molecule has 0 aromatic heterocycles. The molecule has 2 aromatic rings. The third-order valence-corrected chi connectivity index (χ3v) is 6.97. The van der Waals surface area contributed by atoms with Gasteiger partial charge in [0, 0.05) is 26.1 Å². The highest BCUT2D eigenvalue weighted by atomic mass is 32.2. The number of carbonyl (C=O) groups is 2. The van der Waals surface area contributed by atoms with Gasteiger partial charge in [0.15, 0.2) is 0 Å². The molecule has 0 unspecified atom stereocenters. The zero-order valence-corrected chi connectivity index (χ0v) is 23.0. The van der Waals surface area contributed by atoms with Crippen molar-refractivity contribution in [3.63, 3.8) is 0 Å². The van der Waals surface area contributed by atoms with Crippen LogP contribution in [-0.2, 0) is 26.2 Å². The number of nitrogens with one attached hydrogen (secondary N) is 1. The fourth-order valence-corrected chi connectivity index (χ4v) is 4.83. The van der Waals surface area contributed by atoms with Crippen molar-refractivity contribution in [2.45, 2.75) is 53.1 Å². The van der Waals surface area contributed by atoms with Crippen molar-refractivity contribution in [2.75, 3.05) is 30.8 Å². The number of aryl methyl sites for hydroxylation is 1. The van der Waals surface area contributed by atoms with Crippen LogP contribution in [0.1, 0.15) is 44.7 Å². The van der Waals surface area contributed by atoms with E-state index in [0.29, 0.717) is 30.4 Å². The van der Waals surface area contributed by atoms with Gasteiger partial charge in [0.05, 0.1) is 19.1 Å². The average Bonchev–Trinajstić information content (AvgIpc) is 2.82. The molecular formula is C27H39N3O5S. The van der Waals surface area contributed by atoms with E-state index < -0.39 is 16.1 Å². The zero-order valence-electron chi connectivity index (χ0n) is 22.2. The van der Waals surface area contributed by atoms with Gasteiger partial charge in [-0.1, -0.05) is 55.8 Å². The molecule has 36 heavy (non-hydrogen) atoms. The number of rotatable bonds is 13. The van der Waals surface area contributed by atoms with E-state index in [-0.39, 0.29) is 31.2 Å². The summed E-state index contributed by atoms with van der Waals surface area (Å²) in [6, 6.07) is 14.0. The maximum Gasteiger partial charge on any atom is 0.242 e. The maximum absolute atomic E-state index is 13.4. The second-order valence-corrected chi connectivity index (χ2v) is 11.3. The first kappa shape index (κ1) is 29.2. The van der Waals surface area contributed by atoms with E-state index in [9.17, 15) is 18.0 Å². The first-order valence-electron chi connectivity index (χ1n) is 12.2. The lowest BCUT2D eigenvalue weighted by atomic mass is 10.1. The van der Waals surface area contributed by atoms with E-state index in [1.54, 1.807) is 36.1 Å². The average molecular weight is 518 g/mol. The number of amides is 2. The molecule has 0 aliphatic carbocycles. The zero-order chi connectivity index (χ0) is 26.9. The van der Waals surface area contributed by atoms with Crippen LogP contribution in [0.4, 0.5) is 5.69 Å². The van der Waals surface area contributed by atoms with Crippen molar-refractivity contribution < 1.29 is 22.7 Å². The number of methoxy groups -OCH3 is 1. The van der Waals surface area contributed by atoms with E-state index in [1.807, 2.05) is 45.0 Å². The largest absolute Gasteiger partial charge is 0.495 e. The number of carbonyl (C=O) groups excluding carboxylic acids is 2. The van der Waals surface area contributed by atoms with Crippen LogP contribution >= 0.6 is 0 Å². The molecule has 0 aliphatic heterocycles. The Kier molecular flexibility index (Phi) is 10.8. The molecular weight excluding hydrogens is 478 g/mol. The number of nitrogens with zero attached hydrogens (tertiary/aromatic N) is 2. The molecule has 2 amide bonds. The maximum atomic E-state index is 13.4. The van der Waals surface area contributed by atoms with E-state index >= 15 is 0 Å². The van der Waals surface area contributed by atoms with Crippen LogP contribution < -0.4 is 14.4 Å². The Morgan fingerprint density at radius 1 is 1.06 bits per heavy atom. The van der Waals surface area contributed by atoms with Gasteiger partial charge in [0.25, 0.3) is 0 Å². The van der Waals surface area contributed by atoms with Crippen LogP contribution in [0.15, 0.2) is 48.5 Å². The number of anilines is 1. The second kappa shape index (κ2) is 13.3. The Morgan fingerprint density at radius 3 is 2.36 bits per heavy atom. The van der Waals surface area contributed by atoms with E-state index in [4.69, 9.17) is 4.74 Å². The number of benzene rings is 2. The van der Waals surface area contributed by atoms with E-state index in [0.717, 1.165) is 17.4 Å². The third-order valence-electron chi connectivity index (χ3n) is 5.79. The number of ether oxygens (including phenoxy) is 1. The Bertz CT molecular complexity index is 1130. The first-order chi connectivity index (χ1) is 16.9. The lowest BCUT2D eigenvalue weighted by Crippen LogP contribution is -2.48. The quantitative estimate of drug-likeness (QED) is 0.437. The Morgan fingerprint density at radius 2 is 1.75 bits per heavy atom. The molecule has 0 aliphatic rings. The van der Waals surface area contributed by atoms with Gasteiger partial charge in [-0.25, -0.2) is 8.42 Å². The molecule has 0 radical (unpaired) electrons. The van der Waals surface area contributed by atoms with Crippen LogP contribution in [0.5, 0.6) is 5.75 Å². The summed E-state index contributed by atoms with van der Waals surface area (Å²) in [5.74, 6) is 0.304. The summed E-state index contributed by atoms with van der Waals surface area (Å²) < 4.78 is 31.6. The standard InChI is InChI=1S/C27H39N3O5S/c1-20(2)18-28-27(32)22(4)29(19-23-12-9-11-21(3)17-23)26(31)15-10-16-30(36(6,33)34)24-13-7-8-14-25(24)35-5/h7-9,11-14,17,20,22H,10,15-16,18-19H2,1-6H3,(H,28,32)/t22-/m1/s1. The fraction of sp³-hybridized carbons (Fsp3) is 0.481. The molecule has 1 N–H and O–H groups in total. The third kappa shape index (κ3) is 8.55. The molecule has 2 aromatic carbocycles. The van der Waals surface area contributed by atoms with Crippen LogP contribution in [-0.4, -0.2) is 57.6 Å². The van der Waals surface area contributed by atoms with Crippen molar-refractivity contribution in [1.29, 1.82) is 0 Å². The Labute approximate surface area is 215 Å². The predicted molar refractivity (Wildman–Crippen MR) is 143 cm³/mol. The number of hydrogen-bond donors (Lipinski definition) is 1. The summed E-state index contributed by atoms with van der Waals surface area (Å²) in [5.41, 5.74) is 2.42. The van der Waals surface area contributed by atoms with Crippen LogP contribution in [0, 0.1) is 12.8 Å². The van der Waals surface area contributed by atoms with Crippen molar-refractivity contribution >= 4 is 27.5 Å². The molecule has 1 atom stereocenters. The van der Waals surface area contributed by atoms with Gasteiger partial charge >= 0.3 is 0 Å². The Balaban J connectivity index is 2.19. The predicted octanol–water partition coefficient (Wildman–Crippen LogP) is 3.74. The highest BCUT2D eigenvalue weighted by molar-refractivity contribution is 7.92. The van der Waals surface area contributed by atoms with Gasteiger partial charge in [-0.15, -0.1) is 0 Å². The van der Waals surface area contributed by atoms with Crippen molar-refractivity contribution in [1.82, 2.24) is 10.2 Å². The molecule has 2 rings (SSSR count). The van der Waals surface area contributed by atoms with Gasteiger partial charge in [-0.2, -0.15) is 0 Å². The summed E-state index contributed by atoms with van der Waals surface area (Å²) in [5, 5.41) is 2.91. The summed E-state index contributed by atoms with van der Waals surface area (Å²) in [4.78, 5) is 27.7. The van der Waals surface area contributed by atoms with Crippen LogP contribution in [0.25, 0.3) is 0 Å². The fourth-order valence-electron chi connectivity index (χ4n) is 3.86. The SMILES string of the molecule is COc1ccccc1N(CCCC(=O)N(Cc1cccc(C)c1)[C@H](C)C(=O)NCC(C)C)S(C)(=O)=O. The molecule has 0 saturated carbocycles. The second-order valence-electron chi connectivity index (χ2n) is 9.44. The molecule has 0 fully saturated rings. The molecule has 0 saturated heterocycles. The van der Waals surface area contributed by atoms with Gasteiger partial charge in [0.2, 0.25) is 21.8 Å². The summed E-state index contributed by atoms with van der Waals surface area (Å²) >= 11 is 0. The van der Waals surface area contributed by atoms with Crippen molar-refractivity contribution in [3.05, 3.63) is 59.7 Å². The van der Waals surface area contributed by atoms with Crippen molar-refractivity contribution in [2.24, 2.45) is 5.92 Å². The van der Waals surface area contributed by atoms with E-state index in [1.165, 1.54) is 11.4 Å². The van der Waals surface area contributed by atoms with Crippen molar-refractivity contribution in [3.8, 4) is 5.75 Å². The summed E-state index contributed by atoms with van der Waals surface area (Å²) in [6.07, 6.45) is 1.51. The minimum absolute atomic E-state index is 0.0920. The minimum atomic E-state index is -3.60. The molecule has 9 heteroatoms. The van der Waals surface area contributed by atoms with Crippen LogP contribution in [0.2, 0.25) is 0 Å². The first-order valence-corrected chi connectivity index (χ1v) is 14.0. The smallest absolute Gasteiger partial charge is 0.242 e. The molecule has 8 nitrogen and oxygen atoms in total. The van der Waals surface area contributed by atoms with Crippen LogP contribution in [0.3, 0.4) is 0 Å². The molecule has 0 bridgehead atoms. The van der Waals surface area contributed by atoms with Gasteiger partial charge < -0.3 is 15.0 Å². The minimum Gasteiger partial charge on any atom is -0.495 e. The normalized spacial score (nSPS) is 12.2. The van der Waals surface area contributed by atoms with Gasteiger partial charge in [0.1, 0.15) is 11.8 Å². The van der Waals surface area contributed by atoms with Gasteiger partial charge in [-0.05, 0) is 43.9 Å². The molecule has 0 spiro atoms. The molecule has 0 heterocycles. The summed E-state index contributed by atoms with van der Waals surface area (Å²) in [7, 11) is -2.12. The lowest BCUT2D eigenvalue weighted by Gasteiger charge is -2.30. The topological polar surface area (TPSA) is 96.0 Å². The van der Waals surface area contributed by atoms with Gasteiger partial charge in [-0.3, -0.25) is 13.9 Å². The number of hydrogen-bond acceptors (Lipinski definition) is 5. The molecule has 198 valence electrons. The number of sulfonamides is 1. The lowest BCUT2D eigenvalue weighted by molar-refractivity contribution is -0.140. The highest BCUT2D eigenvalue weighted by Gasteiger charge is 2.27. The monoisotopic (exact) mass is 517 g/mol. The highest BCUT2D eigenvalue weighted by Crippen LogP contribution is 2.29. The summed E-state index contributed by atoms with van der Waals surface area (Å²) in [6.45, 7) is 8.65. The Hall–Kier alpha value is -3.07. The van der Waals surface area contributed by atoms with E-state index in [2.05, 4.69) is 5.32 Å². The number of para-hydroxylation sites is 2.